The highest BCUT2D eigenvalue weighted by molar-refractivity contribution is 8.01. The Morgan fingerprint density at radius 2 is 2.32 bits per heavy atom. The Kier molecular flexibility index (Phi) is 4.00. The topological polar surface area (TPSA) is 87.6 Å². The van der Waals surface area contributed by atoms with E-state index in [-0.39, 0.29) is 5.69 Å². The first-order chi connectivity index (χ1) is 8.89. The maximum Gasteiger partial charge on any atom is 0.354 e. The van der Waals surface area contributed by atoms with Crippen LogP contribution < -0.4 is 4.90 Å². The number of hydrogen-bond acceptors (Lipinski definition) is 6. The molecule has 2 heterocycles. The minimum absolute atomic E-state index is 0.0806. The number of carboxylic acids is 1. The van der Waals surface area contributed by atoms with Crippen LogP contribution in [0.5, 0.6) is 0 Å². The molecule has 19 heavy (non-hydrogen) atoms. The van der Waals surface area contributed by atoms with Crippen LogP contribution in [0.2, 0.25) is 0 Å². The molecular weight excluding hydrogens is 288 g/mol. The maximum absolute atomic E-state index is 11.8. The minimum Gasteiger partial charge on any atom is -0.477 e. The summed E-state index contributed by atoms with van der Waals surface area (Å²) < 4.78 is 23.6. The molecule has 0 amide bonds. The fraction of sp³-hybridized carbons (Fsp3) is 0.455. The summed E-state index contributed by atoms with van der Waals surface area (Å²) in [5, 5.41) is 8.31. The van der Waals surface area contributed by atoms with Crippen LogP contribution in [0.15, 0.2) is 18.3 Å². The normalized spacial score (nSPS) is 20.3. The van der Waals surface area contributed by atoms with Crippen LogP contribution in [-0.2, 0) is 9.84 Å². The van der Waals surface area contributed by atoms with Gasteiger partial charge < -0.3 is 10.0 Å². The second kappa shape index (κ2) is 5.38. The second-order valence-corrected chi connectivity index (χ2v) is 7.61. The number of aromatic nitrogens is 1. The lowest BCUT2D eigenvalue weighted by molar-refractivity contribution is 0.0690. The van der Waals surface area contributed by atoms with Crippen LogP contribution >= 0.6 is 11.8 Å². The molecule has 1 fully saturated rings. The molecule has 2 rings (SSSR count). The SMILES string of the molecule is CS(=O)(=O)C1CSCCN1c1ccnc(C(=O)O)c1. The number of carboxylic acid groups (broad SMARTS) is 1. The molecule has 0 aromatic carbocycles. The monoisotopic (exact) mass is 302 g/mol. The first-order valence-electron chi connectivity index (χ1n) is 5.62. The number of nitrogens with zero attached hydrogens (tertiary/aromatic N) is 2. The van der Waals surface area contributed by atoms with Gasteiger partial charge in [0.1, 0.15) is 11.1 Å². The van der Waals surface area contributed by atoms with Crippen molar-refractivity contribution in [3.63, 3.8) is 0 Å². The average molecular weight is 302 g/mol. The highest BCUT2D eigenvalue weighted by Gasteiger charge is 2.31. The number of hydrogen-bond donors (Lipinski definition) is 1. The minimum atomic E-state index is -3.22. The van der Waals surface area contributed by atoms with E-state index in [0.717, 1.165) is 5.75 Å². The van der Waals surface area contributed by atoms with Crippen molar-refractivity contribution in [2.75, 3.05) is 29.2 Å². The molecule has 1 unspecified atom stereocenters. The van der Waals surface area contributed by atoms with E-state index in [9.17, 15) is 13.2 Å². The van der Waals surface area contributed by atoms with Crippen molar-refractivity contribution in [2.45, 2.75) is 5.37 Å². The quantitative estimate of drug-likeness (QED) is 0.879. The van der Waals surface area contributed by atoms with Crippen LogP contribution in [0, 0.1) is 0 Å². The van der Waals surface area contributed by atoms with E-state index < -0.39 is 21.2 Å². The van der Waals surface area contributed by atoms with Crippen molar-refractivity contribution >= 4 is 33.3 Å². The van der Waals surface area contributed by atoms with Gasteiger partial charge in [-0.15, -0.1) is 0 Å². The number of thioether (sulfide) groups is 1. The second-order valence-electron chi connectivity index (χ2n) is 4.26. The molecule has 0 bridgehead atoms. The molecule has 0 saturated carbocycles. The molecule has 1 aromatic heterocycles. The molecule has 1 atom stereocenters. The molecule has 0 aliphatic carbocycles. The van der Waals surface area contributed by atoms with Gasteiger partial charge in [-0.25, -0.2) is 18.2 Å². The summed E-state index contributed by atoms with van der Waals surface area (Å²) in [6, 6.07) is 3.05. The first kappa shape index (κ1) is 14.1. The molecule has 0 spiro atoms. The third-order valence-electron chi connectivity index (χ3n) is 2.87. The third kappa shape index (κ3) is 3.19. The highest BCUT2D eigenvalue weighted by atomic mass is 32.2. The Morgan fingerprint density at radius 3 is 2.95 bits per heavy atom. The van der Waals surface area contributed by atoms with Gasteiger partial charge in [0, 0.05) is 36.2 Å². The summed E-state index contributed by atoms with van der Waals surface area (Å²) >= 11 is 1.59. The molecule has 6 nitrogen and oxygen atoms in total. The van der Waals surface area contributed by atoms with Crippen LogP contribution in [0.4, 0.5) is 5.69 Å². The molecule has 8 heteroatoms. The lowest BCUT2D eigenvalue weighted by Crippen LogP contribution is -2.47. The van der Waals surface area contributed by atoms with Crippen molar-refractivity contribution in [2.24, 2.45) is 0 Å². The highest BCUT2D eigenvalue weighted by Crippen LogP contribution is 2.26. The van der Waals surface area contributed by atoms with Crippen LogP contribution in [0.25, 0.3) is 0 Å². The average Bonchev–Trinajstić information content (AvgIpc) is 2.38. The van der Waals surface area contributed by atoms with E-state index >= 15 is 0 Å². The summed E-state index contributed by atoms with van der Waals surface area (Å²) in [7, 11) is -3.22. The zero-order chi connectivity index (χ0) is 14.0. The molecule has 0 radical (unpaired) electrons. The number of sulfone groups is 1. The van der Waals surface area contributed by atoms with Gasteiger partial charge in [0.05, 0.1) is 0 Å². The van der Waals surface area contributed by atoms with Gasteiger partial charge in [-0.1, -0.05) is 0 Å². The van der Waals surface area contributed by atoms with Gasteiger partial charge in [0.15, 0.2) is 9.84 Å². The van der Waals surface area contributed by atoms with Crippen molar-refractivity contribution in [1.29, 1.82) is 0 Å². The van der Waals surface area contributed by atoms with E-state index in [1.54, 1.807) is 22.7 Å². The molecular formula is C11H14N2O4S2. The van der Waals surface area contributed by atoms with E-state index in [1.165, 1.54) is 18.5 Å². The number of rotatable bonds is 3. The Labute approximate surface area is 115 Å². The molecule has 1 aliphatic rings. The van der Waals surface area contributed by atoms with Crippen LogP contribution in [-0.4, -0.2) is 54.2 Å². The molecule has 1 aromatic rings. The van der Waals surface area contributed by atoms with Gasteiger partial charge in [0.25, 0.3) is 0 Å². The zero-order valence-corrected chi connectivity index (χ0v) is 11.9. The Balaban J connectivity index is 2.38. The largest absolute Gasteiger partial charge is 0.477 e. The zero-order valence-electron chi connectivity index (χ0n) is 10.3. The fourth-order valence-electron chi connectivity index (χ4n) is 1.95. The number of carbonyl (C=O) groups is 1. The molecule has 1 N–H and O–H groups in total. The third-order valence-corrected chi connectivity index (χ3v) is 5.52. The number of anilines is 1. The first-order valence-corrected chi connectivity index (χ1v) is 8.73. The van der Waals surface area contributed by atoms with Crippen LogP contribution in [0.3, 0.4) is 0 Å². The van der Waals surface area contributed by atoms with Gasteiger partial charge >= 0.3 is 5.97 Å². The number of aromatic carboxylic acids is 1. The molecule has 104 valence electrons. The van der Waals surface area contributed by atoms with Crippen LogP contribution in [0.1, 0.15) is 10.5 Å². The standard InChI is InChI=1S/C11H14N2O4S2/c1-19(16,17)10-7-18-5-4-13(10)8-2-3-12-9(6-8)11(14)15/h2-3,6,10H,4-5,7H2,1H3,(H,14,15). The lowest BCUT2D eigenvalue weighted by atomic mass is 10.3. The van der Waals surface area contributed by atoms with Gasteiger partial charge in [0.2, 0.25) is 0 Å². The Hall–Kier alpha value is -1.28. The summed E-state index contributed by atoms with van der Waals surface area (Å²) in [4.78, 5) is 16.4. The maximum atomic E-state index is 11.8. The summed E-state index contributed by atoms with van der Waals surface area (Å²) in [5.74, 6) is 0.185. The Bertz CT molecular complexity index is 588. The lowest BCUT2D eigenvalue weighted by Gasteiger charge is -2.35. The van der Waals surface area contributed by atoms with Crippen molar-refractivity contribution in [1.82, 2.24) is 4.98 Å². The van der Waals surface area contributed by atoms with Gasteiger partial charge in [-0.05, 0) is 12.1 Å². The van der Waals surface area contributed by atoms with E-state index in [0.29, 0.717) is 18.0 Å². The van der Waals surface area contributed by atoms with Gasteiger partial charge in [-0.2, -0.15) is 11.8 Å². The predicted octanol–water partition coefficient (Wildman–Crippen LogP) is 0.704. The van der Waals surface area contributed by atoms with Crippen molar-refractivity contribution in [3.05, 3.63) is 24.0 Å². The van der Waals surface area contributed by atoms with E-state index in [4.69, 9.17) is 5.11 Å². The number of pyridine rings is 1. The molecule has 1 saturated heterocycles. The Morgan fingerprint density at radius 1 is 1.58 bits per heavy atom. The molecule has 1 aliphatic heterocycles. The summed E-state index contributed by atoms with van der Waals surface area (Å²) in [6.07, 6.45) is 2.59. The van der Waals surface area contributed by atoms with E-state index in [2.05, 4.69) is 4.98 Å². The summed E-state index contributed by atoms with van der Waals surface area (Å²) in [6.45, 7) is 0.575. The summed E-state index contributed by atoms with van der Waals surface area (Å²) in [5.41, 5.74) is 0.506. The van der Waals surface area contributed by atoms with Crippen molar-refractivity contribution in [3.8, 4) is 0 Å². The van der Waals surface area contributed by atoms with Gasteiger partial charge in [-0.3, -0.25) is 0 Å². The smallest absolute Gasteiger partial charge is 0.354 e. The predicted molar refractivity (Wildman–Crippen MR) is 74.5 cm³/mol. The van der Waals surface area contributed by atoms with Crippen molar-refractivity contribution < 1.29 is 18.3 Å². The fourth-order valence-corrected chi connectivity index (χ4v) is 4.79. The van der Waals surface area contributed by atoms with E-state index in [1.807, 2.05) is 0 Å².